The van der Waals surface area contributed by atoms with E-state index in [1.54, 1.807) is 38.1 Å². The topological polar surface area (TPSA) is 115 Å². The summed E-state index contributed by atoms with van der Waals surface area (Å²) in [6.07, 6.45) is -0.159. The van der Waals surface area contributed by atoms with Crippen LogP contribution in [0.3, 0.4) is 0 Å². The van der Waals surface area contributed by atoms with Gasteiger partial charge in [-0.15, -0.1) is 10.2 Å². The summed E-state index contributed by atoms with van der Waals surface area (Å²) in [7, 11) is 0. The Morgan fingerprint density at radius 2 is 1.80 bits per heavy atom. The van der Waals surface area contributed by atoms with Crippen molar-refractivity contribution in [1.82, 2.24) is 14.8 Å². The molecule has 0 saturated heterocycles. The number of aromatic nitrogens is 3. The fraction of sp³-hybridized carbons (Fsp3) is 0.320. The molecule has 0 aliphatic heterocycles. The fourth-order valence-corrected chi connectivity index (χ4v) is 4.08. The van der Waals surface area contributed by atoms with Gasteiger partial charge < -0.3 is 19.9 Å². The molecule has 0 fully saturated rings. The standard InChI is InChI=1S/C25H29N5O4S/c1-5-30-21(14-22(31)27-20-12-7-6-9-17(20)4)28-29-25(30)35-15-23(32)26-19-11-8-10-18(13-19)24(33)34-16(2)3/h6-13,16H,5,14-15H2,1-4H3,(H,26,32)(H,27,31). The predicted octanol–water partition coefficient (Wildman–Crippen LogP) is 4.08. The Bertz CT molecular complexity index is 1210. The van der Waals surface area contributed by atoms with E-state index in [1.165, 1.54) is 11.8 Å². The van der Waals surface area contributed by atoms with Crippen LogP contribution in [0.1, 0.15) is 42.5 Å². The van der Waals surface area contributed by atoms with E-state index >= 15 is 0 Å². The van der Waals surface area contributed by atoms with E-state index in [2.05, 4.69) is 20.8 Å². The van der Waals surface area contributed by atoms with Gasteiger partial charge in [0.1, 0.15) is 5.82 Å². The molecule has 9 nitrogen and oxygen atoms in total. The number of para-hydroxylation sites is 1. The molecular formula is C25H29N5O4S. The summed E-state index contributed by atoms with van der Waals surface area (Å²) in [5, 5.41) is 14.5. The van der Waals surface area contributed by atoms with E-state index in [1.807, 2.05) is 42.7 Å². The number of carbonyl (C=O) groups is 3. The Balaban J connectivity index is 1.57. The largest absolute Gasteiger partial charge is 0.459 e. The molecule has 2 N–H and O–H groups in total. The number of esters is 1. The summed E-state index contributed by atoms with van der Waals surface area (Å²) >= 11 is 1.23. The minimum absolute atomic E-state index is 0.0706. The zero-order valence-corrected chi connectivity index (χ0v) is 21.0. The van der Waals surface area contributed by atoms with Gasteiger partial charge in [-0.1, -0.05) is 36.0 Å². The van der Waals surface area contributed by atoms with Gasteiger partial charge in [0.25, 0.3) is 0 Å². The normalized spacial score (nSPS) is 10.8. The van der Waals surface area contributed by atoms with Crippen LogP contribution in [0.5, 0.6) is 0 Å². The maximum atomic E-state index is 12.5. The Labute approximate surface area is 208 Å². The highest BCUT2D eigenvalue weighted by atomic mass is 32.2. The number of nitrogens with one attached hydrogen (secondary N) is 2. The van der Waals surface area contributed by atoms with Crippen LogP contribution in [0, 0.1) is 6.92 Å². The van der Waals surface area contributed by atoms with Crippen molar-refractivity contribution in [2.75, 3.05) is 16.4 Å². The van der Waals surface area contributed by atoms with Gasteiger partial charge in [-0.25, -0.2) is 4.79 Å². The van der Waals surface area contributed by atoms with Crippen molar-refractivity contribution < 1.29 is 19.1 Å². The first kappa shape index (κ1) is 26.0. The van der Waals surface area contributed by atoms with Crippen LogP contribution in [0.4, 0.5) is 11.4 Å². The van der Waals surface area contributed by atoms with Crippen molar-refractivity contribution in [3.63, 3.8) is 0 Å². The first-order valence-corrected chi connectivity index (χ1v) is 12.3. The first-order valence-electron chi connectivity index (χ1n) is 11.3. The molecule has 0 aliphatic carbocycles. The molecule has 2 amide bonds. The third-order valence-corrected chi connectivity index (χ3v) is 5.87. The van der Waals surface area contributed by atoms with Gasteiger partial charge in [0.2, 0.25) is 11.8 Å². The van der Waals surface area contributed by atoms with Crippen LogP contribution in [0.25, 0.3) is 0 Å². The summed E-state index contributed by atoms with van der Waals surface area (Å²) in [6, 6.07) is 14.2. The molecule has 1 aromatic heterocycles. The average Bonchev–Trinajstić information content (AvgIpc) is 3.20. The smallest absolute Gasteiger partial charge is 0.338 e. The Hall–Kier alpha value is -3.66. The van der Waals surface area contributed by atoms with E-state index in [0.29, 0.717) is 28.8 Å². The summed E-state index contributed by atoms with van der Waals surface area (Å²) in [5.74, 6) is -0.271. The van der Waals surface area contributed by atoms with E-state index < -0.39 is 5.97 Å². The number of ether oxygens (including phenoxy) is 1. The Morgan fingerprint density at radius 1 is 1.03 bits per heavy atom. The number of nitrogens with zero attached hydrogens (tertiary/aromatic N) is 3. The zero-order chi connectivity index (χ0) is 25.4. The minimum Gasteiger partial charge on any atom is -0.459 e. The number of benzene rings is 2. The van der Waals surface area contributed by atoms with Crippen LogP contribution >= 0.6 is 11.8 Å². The van der Waals surface area contributed by atoms with Gasteiger partial charge >= 0.3 is 5.97 Å². The number of thioether (sulfide) groups is 1. The van der Waals surface area contributed by atoms with Crippen molar-refractivity contribution in [3.8, 4) is 0 Å². The van der Waals surface area contributed by atoms with Gasteiger partial charge in [-0.3, -0.25) is 9.59 Å². The summed E-state index contributed by atoms with van der Waals surface area (Å²) in [4.78, 5) is 37.1. The van der Waals surface area contributed by atoms with Gasteiger partial charge in [-0.05, 0) is 57.5 Å². The molecule has 10 heteroatoms. The number of aryl methyl sites for hydroxylation is 1. The molecule has 0 atom stereocenters. The van der Waals surface area contributed by atoms with Gasteiger partial charge in [0, 0.05) is 17.9 Å². The second kappa shape index (κ2) is 12.2. The number of hydrogen-bond acceptors (Lipinski definition) is 7. The number of rotatable bonds is 10. The maximum Gasteiger partial charge on any atom is 0.338 e. The van der Waals surface area contributed by atoms with E-state index in [9.17, 15) is 14.4 Å². The van der Waals surface area contributed by atoms with Crippen LogP contribution < -0.4 is 10.6 Å². The Morgan fingerprint density at radius 3 is 2.51 bits per heavy atom. The molecule has 2 aromatic carbocycles. The zero-order valence-electron chi connectivity index (χ0n) is 20.2. The van der Waals surface area contributed by atoms with Crippen molar-refractivity contribution in [2.45, 2.75) is 51.9 Å². The molecule has 35 heavy (non-hydrogen) atoms. The van der Waals surface area contributed by atoms with Gasteiger partial charge in [0.15, 0.2) is 5.16 Å². The van der Waals surface area contributed by atoms with Crippen LogP contribution in [0.15, 0.2) is 53.7 Å². The Kier molecular flexibility index (Phi) is 9.02. The van der Waals surface area contributed by atoms with E-state index in [4.69, 9.17) is 4.74 Å². The lowest BCUT2D eigenvalue weighted by molar-refractivity contribution is -0.116. The predicted molar refractivity (Wildman–Crippen MR) is 136 cm³/mol. The monoisotopic (exact) mass is 495 g/mol. The second-order valence-corrected chi connectivity index (χ2v) is 9.00. The van der Waals surface area contributed by atoms with Gasteiger partial charge in [-0.2, -0.15) is 0 Å². The second-order valence-electron chi connectivity index (χ2n) is 8.05. The van der Waals surface area contributed by atoms with Crippen molar-refractivity contribution in [1.29, 1.82) is 0 Å². The molecular weight excluding hydrogens is 466 g/mol. The summed E-state index contributed by atoms with van der Waals surface area (Å²) < 4.78 is 7.01. The molecule has 0 spiro atoms. The molecule has 3 aromatic rings. The third-order valence-electron chi connectivity index (χ3n) is 4.90. The quantitative estimate of drug-likeness (QED) is 0.322. The highest BCUT2D eigenvalue weighted by Crippen LogP contribution is 2.20. The number of hydrogen-bond donors (Lipinski definition) is 2. The van der Waals surface area contributed by atoms with E-state index in [-0.39, 0.29) is 30.1 Å². The number of carbonyl (C=O) groups excluding carboxylic acids is 3. The number of amides is 2. The molecule has 0 bridgehead atoms. The summed E-state index contributed by atoms with van der Waals surface area (Å²) in [6.45, 7) is 7.97. The first-order chi connectivity index (χ1) is 16.8. The van der Waals surface area contributed by atoms with E-state index in [0.717, 1.165) is 11.3 Å². The molecule has 0 radical (unpaired) electrons. The van der Waals surface area contributed by atoms with Crippen LogP contribution in [-0.2, 0) is 27.3 Å². The third kappa shape index (κ3) is 7.41. The van der Waals surface area contributed by atoms with Crippen LogP contribution in [0.2, 0.25) is 0 Å². The molecule has 0 saturated carbocycles. The molecule has 184 valence electrons. The number of anilines is 2. The average molecular weight is 496 g/mol. The van der Waals surface area contributed by atoms with Crippen LogP contribution in [-0.4, -0.2) is 44.4 Å². The molecule has 3 rings (SSSR count). The molecule has 1 heterocycles. The lowest BCUT2D eigenvalue weighted by atomic mass is 10.2. The van der Waals surface area contributed by atoms with Gasteiger partial charge in [0.05, 0.1) is 23.8 Å². The van der Waals surface area contributed by atoms with Crippen molar-refractivity contribution >= 4 is 40.9 Å². The highest BCUT2D eigenvalue weighted by molar-refractivity contribution is 7.99. The van der Waals surface area contributed by atoms with Crippen molar-refractivity contribution in [3.05, 3.63) is 65.5 Å². The highest BCUT2D eigenvalue weighted by Gasteiger charge is 2.17. The maximum absolute atomic E-state index is 12.5. The SMILES string of the molecule is CCn1c(CC(=O)Nc2ccccc2C)nnc1SCC(=O)Nc1cccc(C(=O)OC(C)C)c1. The van der Waals surface area contributed by atoms with Crippen molar-refractivity contribution in [2.24, 2.45) is 0 Å². The summed E-state index contributed by atoms with van der Waals surface area (Å²) in [5.41, 5.74) is 2.60. The lowest BCUT2D eigenvalue weighted by Crippen LogP contribution is -2.18. The molecule has 0 unspecified atom stereocenters. The fourth-order valence-electron chi connectivity index (χ4n) is 3.26. The minimum atomic E-state index is -0.444. The molecule has 0 aliphatic rings. The lowest BCUT2D eigenvalue weighted by Gasteiger charge is -2.10.